The summed E-state index contributed by atoms with van der Waals surface area (Å²) in [6, 6.07) is 9.93. The van der Waals surface area contributed by atoms with Crippen LogP contribution in [0.4, 0.5) is 0 Å². The smallest absolute Gasteiger partial charge is 0.263 e. The number of pyridine rings is 1. The van der Waals surface area contributed by atoms with Crippen molar-refractivity contribution in [3.8, 4) is 5.75 Å². The Morgan fingerprint density at radius 1 is 1.31 bits per heavy atom. The number of para-hydroxylation sites is 1. The quantitative estimate of drug-likeness (QED) is 0.918. The van der Waals surface area contributed by atoms with Gasteiger partial charge in [-0.15, -0.1) is 0 Å². The van der Waals surface area contributed by atoms with Gasteiger partial charge in [0.15, 0.2) is 0 Å². The van der Waals surface area contributed by atoms with E-state index in [1.54, 1.807) is 4.57 Å². The van der Waals surface area contributed by atoms with Crippen molar-refractivity contribution in [1.29, 1.82) is 0 Å². The van der Waals surface area contributed by atoms with Gasteiger partial charge in [-0.05, 0) is 62.8 Å². The van der Waals surface area contributed by atoms with Crippen molar-refractivity contribution in [3.63, 3.8) is 0 Å². The van der Waals surface area contributed by atoms with Gasteiger partial charge in [-0.2, -0.15) is 0 Å². The zero-order valence-corrected chi connectivity index (χ0v) is 15.7. The zero-order valence-electron chi connectivity index (χ0n) is 15.7. The van der Waals surface area contributed by atoms with E-state index in [1.807, 2.05) is 45.0 Å². The molecule has 0 saturated heterocycles. The fourth-order valence-corrected chi connectivity index (χ4v) is 3.66. The van der Waals surface area contributed by atoms with E-state index in [4.69, 9.17) is 4.74 Å². The molecule has 0 spiro atoms. The lowest BCUT2D eigenvalue weighted by Gasteiger charge is -2.16. The molecule has 3 rings (SSSR count). The molecule has 0 fully saturated rings. The second kappa shape index (κ2) is 7.77. The second-order valence-corrected chi connectivity index (χ2v) is 6.92. The van der Waals surface area contributed by atoms with Gasteiger partial charge < -0.3 is 14.6 Å². The average molecular weight is 354 g/mol. The van der Waals surface area contributed by atoms with Crippen LogP contribution in [0.2, 0.25) is 0 Å². The minimum Gasteiger partial charge on any atom is -0.493 e. The van der Waals surface area contributed by atoms with Gasteiger partial charge >= 0.3 is 0 Å². The summed E-state index contributed by atoms with van der Waals surface area (Å²) in [4.78, 5) is 25.3. The Kier molecular flexibility index (Phi) is 5.45. The Hall–Kier alpha value is -2.56. The summed E-state index contributed by atoms with van der Waals surface area (Å²) >= 11 is 0. The van der Waals surface area contributed by atoms with Gasteiger partial charge in [-0.1, -0.05) is 18.2 Å². The molecule has 0 bridgehead atoms. The molecule has 1 aliphatic rings. The fraction of sp³-hybridized carbons (Fsp3) is 0.429. The second-order valence-electron chi connectivity index (χ2n) is 6.92. The number of fused-ring (bicyclic) bond motifs is 1. The molecule has 0 unspecified atom stereocenters. The number of nitrogens with zero attached hydrogens (tertiary/aromatic N) is 1. The summed E-state index contributed by atoms with van der Waals surface area (Å²) in [5.74, 6) is 0.941. The van der Waals surface area contributed by atoms with Crippen LogP contribution in [0.3, 0.4) is 0 Å². The number of amides is 1. The fourth-order valence-electron chi connectivity index (χ4n) is 3.66. The number of ether oxygens (including phenoxy) is 1. The highest BCUT2D eigenvalue weighted by Gasteiger charge is 2.21. The predicted molar refractivity (Wildman–Crippen MR) is 102 cm³/mol. The van der Waals surface area contributed by atoms with E-state index >= 15 is 0 Å². The minimum atomic E-state index is -0.284. The highest BCUT2D eigenvalue weighted by Crippen LogP contribution is 2.26. The molecule has 1 N–H and O–H groups in total. The Morgan fingerprint density at radius 2 is 2.08 bits per heavy atom. The molecule has 2 heterocycles. The molecule has 1 aromatic carbocycles. The minimum absolute atomic E-state index is 0.211. The van der Waals surface area contributed by atoms with E-state index in [0.29, 0.717) is 25.6 Å². The molecule has 2 aromatic rings. The first-order valence-corrected chi connectivity index (χ1v) is 9.21. The Labute approximate surface area is 154 Å². The van der Waals surface area contributed by atoms with E-state index in [9.17, 15) is 9.59 Å². The molecule has 1 amide bonds. The first kappa shape index (κ1) is 18.2. The van der Waals surface area contributed by atoms with Crippen LogP contribution in [0.15, 0.2) is 35.1 Å². The van der Waals surface area contributed by atoms with Crippen LogP contribution in [0.5, 0.6) is 5.75 Å². The van der Waals surface area contributed by atoms with Crippen molar-refractivity contribution in [2.24, 2.45) is 5.92 Å². The third-order valence-electron chi connectivity index (χ3n) is 5.06. The van der Waals surface area contributed by atoms with E-state index in [0.717, 1.165) is 29.8 Å². The van der Waals surface area contributed by atoms with Crippen LogP contribution in [0.1, 0.15) is 40.5 Å². The predicted octanol–water partition coefficient (Wildman–Crippen LogP) is 2.86. The molecule has 5 nitrogen and oxygen atoms in total. The SMILES string of the molecule is CCn1c(C)cc(C)c(C(=O)NC[C@H]2CCOc3ccccc3C2)c1=O. The molecule has 5 heteroatoms. The van der Waals surface area contributed by atoms with Crippen LogP contribution in [0, 0.1) is 19.8 Å². The van der Waals surface area contributed by atoms with Gasteiger partial charge in [-0.3, -0.25) is 9.59 Å². The van der Waals surface area contributed by atoms with Crippen molar-refractivity contribution < 1.29 is 9.53 Å². The highest BCUT2D eigenvalue weighted by molar-refractivity contribution is 5.95. The van der Waals surface area contributed by atoms with Crippen molar-refractivity contribution in [1.82, 2.24) is 9.88 Å². The van der Waals surface area contributed by atoms with Crippen molar-refractivity contribution >= 4 is 5.91 Å². The lowest BCUT2D eigenvalue weighted by Crippen LogP contribution is -2.37. The van der Waals surface area contributed by atoms with Crippen LogP contribution < -0.4 is 15.6 Å². The molecule has 1 aliphatic heterocycles. The van der Waals surface area contributed by atoms with Gasteiger partial charge in [0.2, 0.25) is 0 Å². The van der Waals surface area contributed by atoms with E-state index in [2.05, 4.69) is 11.4 Å². The summed E-state index contributed by atoms with van der Waals surface area (Å²) < 4.78 is 7.42. The summed E-state index contributed by atoms with van der Waals surface area (Å²) in [6.45, 7) is 7.36. The first-order chi connectivity index (χ1) is 12.5. The summed E-state index contributed by atoms with van der Waals surface area (Å²) in [7, 11) is 0. The van der Waals surface area contributed by atoms with Crippen LogP contribution in [-0.2, 0) is 13.0 Å². The number of carbonyl (C=O) groups excluding carboxylic acids is 1. The zero-order chi connectivity index (χ0) is 18.7. The topological polar surface area (TPSA) is 60.3 Å². The average Bonchev–Trinajstić information content (AvgIpc) is 2.81. The lowest BCUT2D eigenvalue weighted by atomic mass is 9.96. The standard InChI is InChI=1S/C21H26N2O3/c1-4-23-15(3)11-14(2)19(21(23)25)20(24)22-13-16-9-10-26-18-8-6-5-7-17(18)12-16/h5-8,11,16H,4,9-10,12-13H2,1-3H3,(H,22,24)/t16-/m0/s1. The van der Waals surface area contributed by atoms with E-state index in [1.165, 1.54) is 5.56 Å². The number of benzene rings is 1. The molecular formula is C21H26N2O3. The maximum Gasteiger partial charge on any atom is 0.263 e. The maximum absolute atomic E-state index is 12.7. The van der Waals surface area contributed by atoms with Crippen molar-refractivity contribution in [2.45, 2.75) is 40.2 Å². The largest absolute Gasteiger partial charge is 0.493 e. The maximum atomic E-state index is 12.7. The monoisotopic (exact) mass is 354 g/mol. The molecule has 138 valence electrons. The molecular weight excluding hydrogens is 328 g/mol. The Balaban J connectivity index is 1.73. The molecule has 1 aromatic heterocycles. The number of hydrogen-bond acceptors (Lipinski definition) is 3. The molecule has 0 radical (unpaired) electrons. The van der Waals surface area contributed by atoms with Gasteiger partial charge in [-0.25, -0.2) is 0 Å². The van der Waals surface area contributed by atoms with Crippen molar-refractivity contribution in [3.05, 3.63) is 63.1 Å². The Bertz CT molecular complexity index is 870. The van der Waals surface area contributed by atoms with Crippen LogP contribution in [-0.4, -0.2) is 23.6 Å². The molecule has 26 heavy (non-hydrogen) atoms. The van der Waals surface area contributed by atoms with Crippen molar-refractivity contribution in [2.75, 3.05) is 13.2 Å². The van der Waals surface area contributed by atoms with Gasteiger partial charge in [0.25, 0.3) is 11.5 Å². The third-order valence-corrected chi connectivity index (χ3v) is 5.06. The first-order valence-electron chi connectivity index (χ1n) is 9.21. The number of rotatable bonds is 4. The summed E-state index contributed by atoms with van der Waals surface area (Å²) in [6.07, 6.45) is 1.74. The number of hydrogen-bond donors (Lipinski definition) is 1. The van der Waals surface area contributed by atoms with E-state index < -0.39 is 0 Å². The number of carbonyl (C=O) groups is 1. The van der Waals surface area contributed by atoms with Gasteiger partial charge in [0.1, 0.15) is 11.3 Å². The molecule has 0 saturated carbocycles. The highest BCUT2D eigenvalue weighted by atomic mass is 16.5. The third kappa shape index (κ3) is 3.66. The molecule has 0 aliphatic carbocycles. The van der Waals surface area contributed by atoms with Gasteiger partial charge in [0, 0.05) is 18.8 Å². The normalized spacial score (nSPS) is 16.3. The van der Waals surface area contributed by atoms with Crippen LogP contribution in [0.25, 0.3) is 0 Å². The number of aryl methyl sites for hydroxylation is 2. The van der Waals surface area contributed by atoms with Gasteiger partial charge in [0.05, 0.1) is 6.61 Å². The van der Waals surface area contributed by atoms with Crippen LogP contribution >= 0.6 is 0 Å². The Morgan fingerprint density at radius 3 is 2.85 bits per heavy atom. The lowest BCUT2D eigenvalue weighted by molar-refractivity contribution is 0.0942. The number of aromatic nitrogens is 1. The van der Waals surface area contributed by atoms with E-state index in [-0.39, 0.29) is 17.0 Å². The molecule has 1 atom stereocenters. The number of nitrogens with one attached hydrogen (secondary N) is 1. The summed E-state index contributed by atoms with van der Waals surface area (Å²) in [5.41, 5.74) is 2.82. The summed E-state index contributed by atoms with van der Waals surface area (Å²) in [5, 5.41) is 2.97.